The third-order valence-corrected chi connectivity index (χ3v) is 12.5. The van der Waals surface area contributed by atoms with Crippen LogP contribution < -0.4 is 4.74 Å². The van der Waals surface area contributed by atoms with E-state index in [2.05, 4.69) is 0 Å². The van der Waals surface area contributed by atoms with Crippen LogP contribution in [0.4, 0.5) is 0 Å². The van der Waals surface area contributed by atoms with Gasteiger partial charge in [-0.05, 0) is 82.8 Å². The lowest BCUT2D eigenvalue weighted by Gasteiger charge is -2.67. The van der Waals surface area contributed by atoms with Crippen molar-refractivity contribution in [3.05, 3.63) is 59.2 Å². The molecule has 3 fully saturated rings. The van der Waals surface area contributed by atoms with Crippen molar-refractivity contribution >= 4 is 23.8 Å². The number of hydrogen-bond acceptors (Lipinski definition) is 9. The van der Waals surface area contributed by atoms with Gasteiger partial charge >= 0.3 is 11.9 Å². The Kier molecular flexibility index (Phi) is 9.18. The van der Waals surface area contributed by atoms with Crippen LogP contribution in [0.25, 0.3) is 6.08 Å². The average Bonchev–Trinajstić information content (AvgIpc) is 3.25. The zero-order chi connectivity index (χ0) is 34.6. The highest BCUT2D eigenvalue weighted by molar-refractivity contribution is 5.88. The quantitative estimate of drug-likeness (QED) is 0.195. The van der Waals surface area contributed by atoms with Crippen molar-refractivity contribution in [2.24, 2.45) is 22.7 Å². The predicted molar refractivity (Wildman–Crippen MR) is 176 cm³/mol. The highest BCUT2D eigenvalue weighted by Gasteiger charge is 2.81. The van der Waals surface area contributed by atoms with E-state index >= 15 is 0 Å². The summed E-state index contributed by atoms with van der Waals surface area (Å²) in [5, 5.41) is 37.2. The molecule has 1 aromatic carbocycles. The number of aliphatic hydroxyl groups is 3. The van der Waals surface area contributed by atoms with Gasteiger partial charge in [-0.1, -0.05) is 56.2 Å². The van der Waals surface area contributed by atoms with Crippen molar-refractivity contribution < 1.29 is 43.9 Å². The molecule has 3 N–H and O–H groups in total. The number of allylic oxidation sites excluding steroid dienone is 1. The first-order valence-electron chi connectivity index (χ1n) is 16.7. The molecule has 1 aromatic rings. The Bertz CT molecular complexity index is 1520. The van der Waals surface area contributed by atoms with E-state index in [1.165, 1.54) is 19.1 Å². The second-order valence-corrected chi connectivity index (χ2v) is 14.9. The molecule has 0 aromatic heterocycles. The summed E-state index contributed by atoms with van der Waals surface area (Å²) >= 11 is 0. The molecule has 256 valence electrons. The van der Waals surface area contributed by atoms with E-state index < -0.39 is 57.4 Å². The summed E-state index contributed by atoms with van der Waals surface area (Å²) in [4.78, 5) is 39.2. The number of carbonyl (C=O) groups excluding carboxylic acids is 3. The van der Waals surface area contributed by atoms with Crippen molar-refractivity contribution in [3.63, 3.8) is 0 Å². The standard InChI is InChI=1S/C38H50O9/c1-23(2)24(3)20-33(41)47-31-22-30-34(5)16-15-28(46-32(40)13-12-26-10-8-9-11-29(26)45-7)21-27(34)14-17-37(30,43)38(44)19-18-36(42,25(4)39)35(31,38)6/h8-14,20,23,28,30-31,42-44H,15-19,21-22H2,1-7H3/b13-12+,24-20+/t28-,30+,31+,34-,35+,36+,37-,38+/m0/s1. The molecule has 0 bridgehead atoms. The van der Waals surface area contributed by atoms with Crippen molar-refractivity contribution in [2.75, 3.05) is 7.11 Å². The lowest BCUT2D eigenvalue weighted by molar-refractivity contribution is -0.314. The fraction of sp³-hybridized carbons (Fsp3) is 0.605. The molecule has 3 saturated carbocycles. The van der Waals surface area contributed by atoms with Gasteiger partial charge in [0.1, 0.15) is 34.8 Å². The number of para-hydroxylation sites is 1. The number of rotatable bonds is 8. The average molecular weight is 651 g/mol. The molecule has 0 spiro atoms. The summed E-state index contributed by atoms with van der Waals surface area (Å²) in [7, 11) is 1.57. The van der Waals surface area contributed by atoms with E-state index in [0.29, 0.717) is 25.0 Å². The van der Waals surface area contributed by atoms with Crippen molar-refractivity contribution in [3.8, 4) is 5.75 Å². The molecule has 0 radical (unpaired) electrons. The molecule has 0 saturated heterocycles. The smallest absolute Gasteiger partial charge is 0.331 e. The highest BCUT2D eigenvalue weighted by atomic mass is 16.6. The summed E-state index contributed by atoms with van der Waals surface area (Å²) in [6.45, 7) is 10.7. The van der Waals surface area contributed by atoms with E-state index in [1.807, 2.05) is 58.0 Å². The molecule has 4 aliphatic carbocycles. The number of esters is 2. The maximum Gasteiger partial charge on any atom is 0.331 e. The minimum atomic E-state index is -2.00. The molecule has 0 amide bonds. The van der Waals surface area contributed by atoms with Gasteiger partial charge in [0.25, 0.3) is 0 Å². The molecule has 0 heterocycles. The van der Waals surface area contributed by atoms with Crippen molar-refractivity contribution in [1.82, 2.24) is 0 Å². The van der Waals surface area contributed by atoms with E-state index in [-0.39, 0.29) is 37.7 Å². The first kappa shape index (κ1) is 35.0. The molecule has 47 heavy (non-hydrogen) atoms. The summed E-state index contributed by atoms with van der Waals surface area (Å²) in [5.74, 6) is -1.41. The Balaban J connectivity index is 1.44. The number of fused-ring (bicyclic) bond motifs is 5. The normalized spacial score (nSPS) is 38.2. The van der Waals surface area contributed by atoms with E-state index in [1.54, 1.807) is 20.1 Å². The first-order valence-corrected chi connectivity index (χ1v) is 16.7. The van der Waals surface area contributed by atoms with Crippen LogP contribution in [0, 0.1) is 22.7 Å². The van der Waals surface area contributed by atoms with E-state index in [0.717, 1.165) is 16.7 Å². The second kappa shape index (κ2) is 12.3. The number of hydrogen-bond donors (Lipinski definition) is 3. The Labute approximate surface area is 277 Å². The number of benzene rings is 1. The molecule has 4 aliphatic rings. The molecule has 9 nitrogen and oxygen atoms in total. The molecular weight excluding hydrogens is 600 g/mol. The Morgan fingerprint density at radius 1 is 0.979 bits per heavy atom. The summed E-state index contributed by atoms with van der Waals surface area (Å²) < 4.78 is 17.3. The van der Waals surface area contributed by atoms with Crippen LogP contribution in [0.5, 0.6) is 5.75 Å². The number of Topliss-reactive ketones (excluding diaryl/α,β-unsaturated/α-hetero) is 1. The largest absolute Gasteiger partial charge is 0.496 e. The van der Waals surface area contributed by atoms with E-state index in [9.17, 15) is 29.7 Å². The summed E-state index contributed by atoms with van der Waals surface area (Å²) in [6.07, 6.45) is 6.67. The van der Waals surface area contributed by atoms with Gasteiger partial charge in [-0.15, -0.1) is 0 Å². The second-order valence-electron chi connectivity index (χ2n) is 14.9. The van der Waals surface area contributed by atoms with Gasteiger partial charge in [0.15, 0.2) is 5.78 Å². The lowest BCUT2D eigenvalue weighted by Crippen LogP contribution is -2.78. The van der Waals surface area contributed by atoms with Crippen LogP contribution >= 0.6 is 0 Å². The number of ketones is 1. The number of ether oxygens (including phenoxy) is 3. The first-order chi connectivity index (χ1) is 22.0. The van der Waals surface area contributed by atoms with Crippen LogP contribution in [0.1, 0.15) is 92.1 Å². The van der Waals surface area contributed by atoms with Crippen LogP contribution in [-0.4, -0.2) is 69.2 Å². The predicted octanol–water partition coefficient (Wildman–Crippen LogP) is 5.26. The molecule has 8 atom stereocenters. The molecule has 0 unspecified atom stereocenters. The Morgan fingerprint density at radius 2 is 1.68 bits per heavy atom. The van der Waals surface area contributed by atoms with Crippen molar-refractivity contribution in [2.45, 2.75) is 115 Å². The van der Waals surface area contributed by atoms with Crippen LogP contribution in [0.15, 0.2) is 53.6 Å². The van der Waals surface area contributed by atoms with Crippen LogP contribution in [0.2, 0.25) is 0 Å². The van der Waals surface area contributed by atoms with Gasteiger partial charge in [0, 0.05) is 30.1 Å². The minimum Gasteiger partial charge on any atom is -0.496 e. The third-order valence-electron chi connectivity index (χ3n) is 12.5. The molecule has 5 rings (SSSR count). The van der Waals surface area contributed by atoms with Gasteiger partial charge in [0.2, 0.25) is 0 Å². The SMILES string of the molecule is COc1ccccc1/C=C/C(=O)O[C@H]1CC[C@@]2(C)C(=CC[C@]3(O)[C@@H]2C[C@@H](OC(=O)/C=C(\C)C(C)C)[C@@]2(C)[C@]3(O)CC[C@@]2(O)C(C)=O)C1. The number of methoxy groups -OCH3 is 1. The van der Waals surface area contributed by atoms with Gasteiger partial charge in [-0.2, -0.15) is 0 Å². The maximum absolute atomic E-state index is 13.3. The zero-order valence-corrected chi connectivity index (χ0v) is 28.7. The third kappa shape index (κ3) is 5.39. The Morgan fingerprint density at radius 3 is 2.34 bits per heavy atom. The van der Waals surface area contributed by atoms with Gasteiger partial charge in [-0.3, -0.25) is 4.79 Å². The minimum absolute atomic E-state index is 0.0283. The highest BCUT2D eigenvalue weighted by Crippen LogP contribution is 2.71. The zero-order valence-electron chi connectivity index (χ0n) is 28.7. The van der Waals surface area contributed by atoms with Gasteiger partial charge in [-0.25, -0.2) is 9.59 Å². The van der Waals surface area contributed by atoms with Crippen LogP contribution in [-0.2, 0) is 23.9 Å². The molecule has 0 aliphatic heterocycles. The fourth-order valence-corrected chi connectivity index (χ4v) is 9.15. The summed E-state index contributed by atoms with van der Waals surface area (Å²) in [6, 6.07) is 7.37. The fourth-order valence-electron chi connectivity index (χ4n) is 9.15. The lowest BCUT2D eigenvalue weighted by atomic mass is 9.42. The van der Waals surface area contributed by atoms with E-state index in [4.69, 9.17) is 14.2 Å². The molecular formula is C38H50O9. The maximum atomic E-state index is 13.3. The van der Waals surface area contributed by atoms with Gasteiger partial charge in [0.05, 0.1) is 12.5 Å². The Hall–Kier alpha value is -3.27. The monoisotopic (exact) mass is 650 g/mol. The number of carbonyl (C=O) groups is 3. The van der Waals surface area contributed by atoms with Gasteiger partial charge < -0.3 is 29.5 Å². The topological polar surface area (TPSA) is 140 Å². The van der Waals surface area contributed by atoms with Crippen LogP contribution in [0.3, 0.4) is 0 Å². The summed E-state index contributed by atoms with van der Waals surface area (Å²) in [5.41, 5.74) is -5.32. The van der Waals surface area contributed by atoms with Crippen molar-refractivity contribution in [1.29, 1.82) is 0 Å². The molecule has 9 heteroatoms.